The van der Waals surface area contributed by atoms with E-state index >= 15 is 0 Å². The zero-order valence-corrected chi connectivity index (χ0v) is 11.7. The van der Waals surface area contributed by atoms with E-state index in [1.165, 1.54) is 29.1 Å². The van der Waals surface area contributed by atoms with Gasteiger partial charge in [0.2, 0.25) is 0 Å². The average molecular weight is 278 g/mol. The zero-order chi connectivity index (χ0) is 13.1. The molecule has 18 heavy (non-hydrogen) atoms. The minimum absolute atomic E-state index is 0.388. The van der Waals surface area contributed by atoms with Crippen LogP contribution in [0.15, 0.2) is 40.4 Å². The van der Waals surface area contributed by atoms with E-state index in [2.05, 4.69) is 23.2 Å². The molecule has 92 valence electrons. The second-order valence-electron chi connectivity index (χ2n) is 4.08. The molecule has 0 unspecified atom stereocenters. The van der Waals surface area contributed by atoms with Crippen molar-refractivity contribution in [2.45, 2.75) is 23.6 Å². The quantitative estimate of drug-likeness (QED) is 0.783. The third-order valence-electron chi connectivity index (χ3n) is 2.44. The van der Waals surface area contributed by atoms with E-state index in [1.807, 2.05) is 13.8 Å². The highest BCUT2D eigenvalue weighted by Gasteiger charge is 2.09. The van der Waals surface area contributed by atoms with Crippen molar-refractivity contribution in [3.8, 4) is 0 Å². The standard InChI is InChI=1S/C14H12ClNOS/c1-9-3-10(2)5-11(4-9)18-14-7-16-6-13(15)12(14)8-17/h3-8H,1-2H3. The number of aryl methyl sites for hydroxylation is 2. The molecule has 2 aromatic rings. The smallest absolute Gasteiger partial charge is 0.152 e. The van der Waals surface area contributed by atoms with Gasteiger partial charge >= 0.3 is 0 Å². The van der Waals surface area contributed by atoms with Gasteiger partial charge in [0.05, 0.1) is 5.02 Å². The van der Waals surface area contributed by atoms with Crippen molar-refractivity contribution >= 4 is 29.6 Å². The van der Waals surface area contributed by atoms with E-state index in [1.54, 1.807) is 6.20 Å². The number of benzene rings is 1. The molecule has 0 aliphatic carbocycles. The Hall–Kier alpha value is -1.32. The summed E-state index contributed by atoms with van der Waals surface area (Å²) in [4.78, 5) is 16.9. The molecule has 1 aromatic carbocycles. The lowest BCUT2D eigenvalue weighted by atomic mass is 10.2. The summed E-state index contributed by atoms with van der Waals surface area (Å²) < 4.78 is 0. The van der Waals surface area contributed by atoms with Gasteiger partial charge in [0, 0.05) is 27.7 Å². The number of aromatic nitrogens is 1. The summed E-state index contributed by atoms with van der Waals surface area (Å²) in [5, 5.41) is 0.388. The molecule has 1 heterocycles. The predicted molar refractivity (Wildman–Crippen MR) is 74.7 cm³/mol. The Bertz CT molecular complexity index is 578. The summed E-state index contributed by atoms with van der Waals surface area (Å²) in [6.45, 7) is 4.10. The van der Waals surface area contributed by atoms with Crippen molar-refractivity contribution in [3.05, 3.63) is 52.3 Å². The minimum atomic E-state index is 0.388. The molecule has 1 aromatic heterocycles. The van der Waals surface area contributed by atoms with Gasteiger partial charge in [-0.1, -0.05) is 29.4 Å². The lowest BCUT2D eigenvalue weighted by molar-refractivity contribution is 0.112. The number of hydrogen-bond acceptors (Lipinski definition) is 3. The van der Waals surface area contributed by atoms with Gasteiger partial charge in [-0.3, -0.25) is 9.78 Å². The first kappa shape index (κ1) is 13.1. The first-order valence-corrected chi connectivity index (χ1v) is 6.64. The lowest BCUT2D eigenvalue weighted by Crippen LogP contribution is -1.89. The molecular formula is C14H12ClNOS. The molecule has 0 radical (unpaired) electrons. The Balaban J connectivity index is 2.39. The first-order chi connectivity index (χ1) is 8.60. The van der Waals surface area contributed by atoms with Gasteiger partial charge in [0.25, 0.3) is 0 Å². The van der Waals surface area contributed by atoms with Crippen LogP contribution in [0, 0.1) is 13.8 Å². The number of hydrogen-bond donors (Lipinski definition) is 0. The van der Waals surface area contributed by atoms with E-state index in [0.29, 0.717) is 10.6 Å². The average Bonchev–Trinajstić information content (AvgIpc) is 2.27. The van der Waals surface area contributed by atoms with Gasteiger partial charge in [0.15, 0.2) is 6.29 Å². The highest BCUT2D eigenvalue weighted by Crippen LogP contribution is 2.32. The molecule has 0 amide bonds. The molecule has 0 bridgehead atoms. The lowest BCUT2D eigenvalue weighted by Gasteiger charge is -2.07. The fourth-order valence-corrected chi connectivity index (χ4v) is 3.13. The Morgan fingerprint density at radius 1 is 1.17 bits per heavy atom. The molecule has 0 aliphatic rings. The number of pyridine rings is 1. The first-order valence-electron chi connectivity index (χ1n) is 5.45. The van der Waals surface area contributed by atoms with Crippen LogP contribution in [0.2, 0.25) is 5.02 Å². The van der Waals surface area contributed by atoms with E-state index in [4.69, 9.17) is 11.6 Å². The number of halogens is 1. The number of rotatable bonds is 3. The van der Waals surface area contributed by atoms with Crippen molar-refractivity contribution < 1.29 is 4.79 Å². The van der Waals surface area contributed by atoms with Crippen LogP contribution < -0.4 is 0 Å². The predicted octanol–water partition coefficient (Wildman–Crippen LogP) is 4.32. The van der Waals surface area contributed by atoms with Gasteiger partial charge in [-0.15, -0.1) is 0 Å². The number of nitrogens with zero attached hydrogens (tertiary/aromatic N) is 1. The van der Waals surface area contributed by atoms with Crippen molar-refractivity contribution in [1.29, 1.82) is 0 Å². The molecule has 0 saturated carbocycles. The van der Waals surface area contributed by atoms with Crippen LogP contribution in [-0.2, 0) is 0 Å². The Kier molecular flexibility index (Phi) is 4.04. The topological polar surface area (TPSA) is 30.0 Å². The van der Waals surface area contributed by atoms with Gasteiger partial charge in [-0.2, -0.15) is 0 Å². The molecule has 0 aliphatic heterocycles. The van der Waals surface area contributed by atoms with E-state index in [9.17, 15) is 4.79 Å². The third-order valence-corrected chi connectivity index (χ3v) is 3.76. The normalized spacial score (nSPS) is 10.4. The largest absolute Gasteiger partial charge is 0.298 e. The fraction of sp³-hybridized carbons (Fsp3) is 0.143. The van der Waals surface area contributed by atoms with E-state index in [0.717, 1.165) is 16.1 Å². The van der Waals surface area contributed by atoms with Gasteiger partial charge in [-0.05, 0) is 37.1 Å². The second-order valence-corrected chi connectivity index (χ2v) is 5.60. The number of carbonyl (C=O) groups excluding carboxylic acids is 1. The van der Waals surface area contributed by atoms with Crippen LogP contribution in [0.4, 0.5) is 0 Å². The summed E-state index contributed by atoms with van der Waals surface area (Å²) in [5.74, 6) is 0. The summed E-state index contributed by atoms with van der Waals surface area (Å²) in [5.41, 5.74) is 2.89. The molecule has 0 N–H and O–H groups in total. The van der Waals surface area contributed by atoms with E-state index < -0.39 is 0 Å². The monoisotopic (exact) mass is 277 g/mol. The summed E-state index contributed by atoms with van der Waals surface area (Å²) in [6, 6.07) is 6.27. The Morgan fingerprint density at radius 2 is 1.83 bits per heavy atom. The second kappa shape index (κ2) is 5.55. The molecule has 2 rings (SSSR count). The van der Waals surface area contributed by atoms with Crippen molar-refractivity contribution in [2.75, 3.05) is 0 Å². The van der Waals surface area contributed by atoms with Crippen LogP contribution in [0.5, 0.6) is 0 Å². The molecule has 0 saturated heterocycles. The number of aldehydes is 1. The maximum absolute atomic E-state index is 11.0. The van der Waals surface area contributed by atoms with Crippen molar-refractivity contribution in [2.24, 2.45) is 0 Å². The zero-order valence-electron chi connectivity index (χ0n) is 10.1. The van der Waals surface area contributed by atoms with Gasteiger partial charge in [0.1, 0.15) is 0 Å². The van der Waals surface area contributed by atoms with Gasteiger partial charge in [-0.25, -0.2) is 0 Å². The molecule has 0 spiro atoms. The fourth-order valence-electron chi connectivity index (χ4n) is 1.74. The van der Waals surface area contributed by atoms with Crippen LogP contribution in [0.25, 0.3) is 0 Å². The van der Waals surface area contributed by atoms with Crippen LogP contribution in [0.3, 0.4) is 0 Å². The van der Waals surface area contributed by atoms with Crippen LogP contribution >= 0.6 is 23.4 Å². The summed E-state index contributed by atoms with van der Waals surface area (Å²) in [6.07, 6.45) is 3.92. The third kappa shape index (κ3) is 2.92. The van der Waals surface area contributed by atoms with Crippen LogP contribution in [-0.4, -0.2) is 11.3 Å². The Labute approximate surface area is 115 Å². The van der Waals surface area contributed by atoms with Crippen molar-refractivity contribution in [1.82, 2.24) is 4.98 Å². The molecule has 2 nitrogen and oxygen atoms in total. The molecule has 4 heteroatoms. The minimum Gasteiger partial charge on any atom is -0.298 e. The van der Waals surface area contributed by atoms with E-state index in [-0.39, 0.29) is 0 Å². The maximum atomic E-state index is 11.0. The molecule has 0 fully saturated rings. The van der Waals surface area contributed by atoms with Crippen LogP contribution in [0.1, 0.15) is 21.5 Å². The van der Waals surface area contributed by atoms with Gasteiger partial charge < -0.3 is 0 Å². The molecular weight excluding hydrogens is 266 g/mol. The maximum Gasteiger partial charge on any atom is 0.152 e. The summed E-state index contributed by atoms with van der Waals surface area (Å²) in [7, 11) is 0. The van der Waals surface area contributed by atoms with Crippen molar-refractivity contribution in [3.63, 3.8) is 0 Å². The highest BCUT2D eigenvalue weighted by atomic mass is 35.5. The Morgan fingerprint density at radius 3 is 2.44 bits per heavy atom. The SMILES string of the molecule is Cc1cc(C)cc(Sc2cncc(Cl)c2C=O)c1. The highest BCUT2D eigenvalue weighted by molar-refractivity contribution is 7.99. The summed E-state index contributed by atoms with van der Waals surface area (Å²) >= 11 is 7.45. The number of carbonyl (C=O) groups is 1. The molecule has 0 atom stereocenters.